The summed E-state index contributed by atoms with van der Waals surface area (Å²) in [4.78, 5) is 11.2. The molecule has 0 fully saturated rings. The van der Waals surface area contributed by atoms with Crippen molar-refractivity contribution in [1.29, 1.82) is 0 Å². The van der Waals surface area contributed by atoms with Crippen LogP contribution in [0, 0.1) is 0 Å². The summed E-state index contributed by atoms with van der Waals surface area (Å²) in [6.45, 7) is 12.7. The minimum atomic E-state index is -0.514. The summed E-state index contributed by atoms with van der Waals surface area (Å²) in [6, 6.07) is 0. The maximum absolute atomic E-state index is 11.2. The molecule has 0 rings (SSSR count). The number of nitrogens with one attached hydrogen (secondary N) is 1. The van der Waals surface area contributed by atoms with Crippen LogP contribution in [0.4, 0.5) is 4.79 Å². The van der Waals surface area contributed by atoms with E-state index in [2.05, 4.69) is 18.5 Å². The zero-order chi connectivity index (χ0) is 12.1. The highest BCUT2D eigenvalue weighted by Gasteiger charge is 2.15. The summed E-state index contributed by atoms with van der Waals surface area (Å²) in [7, 11) is 0. The summed E-state index contributed by atoms with van der Waals surface area (Å²) in [5, 5.41) is 11.3. The summed E-state index contributed by atoms with van der Waals surface area (Å²) >= 11 is 0. The van der Waals surface area contributed by atoms with Crippen molar-refractivity contribution in [3.8, 4) is 0 Å². The Labute approximate surface area is 90.6 Å². The number of hydrogen-bond acceptors (Lipinski definition) is 3. The molecule has 0 aromatic carbocycles. The van der Waals surface area contributed by atoms with Gasteiger partial charge in [0.1, 0.15) is 5.60 Å². The van der Waals surface area contributed by atoms with Crippen molar-refractivity contribution in [3.63, 3.8) is 0 Å². The Morgan fingerprint density at radius 3 is 2.27 bits per heavy atom. The lowest BCUT2D eigenvalue weighted by Crippen LogP contribution is -2.33. The highest BCUT2D eigenvalue weighted by Crippen LogP contribution is 2.07. The van der Waals surface area contributed by atoms with Gasteiger partial charge in [0.05, 0.1) is 6.61 Å². The van der Waals surface area contributed by atoms with E-state index in [0.29, 0.717) is 11.1 Å². The Hall–Kier alpha value is -1.29. The van der Waals surface area contributed by atoms with E-state index in [4.69, 9.17) is 9.84 Å². The number of alkyl carbamates (subject to hydrolysis) is 1. The molecule has 0 heterocycles. The molecule has 0 bridgehead atoms. The molecule has 4 nitrogen and oxygen atoms in total. The predicted molar refractivity (Wildman–Crippen MR) is 59.6 cm³/mol. The normalized spacial score (nSPS) is 10.7. The van der Waals surface area contributed by atoms with Crippen molar-refractivity contribution in [2.75, 3.05) is 13.2 Å². The van der Waals surface area contributed by atoms with Crippen LogP contribution in [0.1, 0.15) is 20.8 Å². The number of aliphatic hydroxyl groups excluding tert-OH is 1. The largest absolute Gasteiger partial charge is 0.444 e. The third kappa shape index (κ3) is 6.74. The second kappa shape index (κ2) is 5.56. The minimum Gasteiger partial charge on any atom is -0.444 e. The van der Waals surface area contributed by atoms with E-state index >= 15 is 0 Å². The number of aliphatic hydroxyl groups is 1. The fourth-order valence-electron chi connectivity index (χ4n) is 0.730. The summed E-state index contributed by atoms with van der Waals surface area (Å²) < 4.78 is 5.02. The Kier molecular flexibility index (Phi) is 5.08. The minimum absolute atomic E-state index is 0.158. The monoisotopic (exact) mass is 213 g/mol. The third-order valence-corrected chi connectivity index (χ3v) is 1.54. The molecule has 0 aromatic rings. The van der Waals surface area contributed by atoms with Crippen LogP contribution >= 0.6 is 0 Å². The van der Waals surface area contributed by atoms with Crippen molar-refractivity contribution >= 4 is 6.09 Å². The Morgan fingerprint density at radius 1 is 1.33 bits per heavy atom. The Bertz CT molecular complexity index is 263. The molecule has 0 spiro atoms. The van der Waals surface area contributed by atoms with E-state index in [1.165, 1.54) is 0 Å². The molecule has 0 saturated heterocycles. The van der Waals surface area contributed by atoms with Gasteiger partial charge in [0.25, 0.3) is 0 Å². The van der Waals surface area contributed by atoms with Crippen molar-refractivity contribution in [1.82, 2.24) is 5.32 Å². The molecule has 0 unspecified atom stereocenters. The average Bonchev–Trinajstić information content (AvgIpc) is 2.10. The maximum atomic E-state index is 11.2. The van der Waals surface area contributed by atoms with Gasteiger partial charge in [0, 0.05) is 6.54 Å². The zero-order valence-electron chi connectivity index (χ0n) is 9.59. The van der Waals surface area contributed by atoms with Gasteiger partial charge in [-0.25, -0.2) is 4.79 Å². The number of carbonyl (C=O) groups is 1. The molecule has 4 heteroatoms. The van der Waals surface area contributed by atoms with Gasteiger partial charge in [-0.15, -0.1) is 0 Å². The molecule has 2 N–H and O–H groups in total. The molecule has 15 heavy (non-hydrogen) atoms. The van der Waals surface area contributed by atoms with Crippen molar-refractivity contribution in [3.05, 3.63) is 24.3 Å². The lowest BCUT2D eigenvalue weighted by Gasteiger charge is -2.20. The predicted octanol–water partition coefficient (Wildman–Crippen LogP) is 1.62. The van der Waals surface area contributed by atoms with E-state index in [1.54, 1.807) is 20.8 Å². The van der Waals surface area contributed by atoms with E-state index in [-0.39, 0.29) is 13.2 Å². The maximum Gasteiger partial charge on any atom is 0.407 e. The van der Waals surface area contributed by atoms with Gasteiger partial charge in [-0.3, -0.25) is 0 Å². The lowest BCUT2D eigenvalue weighted by atomic mass is 10.1. The van der Waals surface area contributed by atoms with E-state index in [1.807, 2.05) is 0 Å². The van der Waals surface area contributed by atoms with Crippen LogP contribution in [0.2, 0.25) is 0 Å². The zero-order valence-corrected chi connectivity index (χ0v) is 9.59. The molecule has 1 amide bonds. The van der Waals surface area contributed by atoms with Gasteiger partial charge in [-0.2, -0.15) is 0 Å². The number of rotatable bonds is 4. The fraction of sp³-hybridized carbons (Fsp3) is 0.545. The van der Waals surface area contributed by atoms with Gasteiger partial charge in [0.2, 0.25) is 0 Å². The van der Waals surface area contributed by atoms with Crippen LogP contribution in [0.25, 0.3) is 0 Å². The van der Waals surface area contributed by atoms with Crippen molar-refractivity contribution in [2.45, 2.75) is 26.4 Å². The lowest BCUT2D eigenvalue weighted by molar-refractivity contribution is 0.0533. The van der Waals surface area contributed by atoms with Crippen LogP contribution in [-0.2, 0) is 4.74 Å². The quantitative estimate of drug-likeness (QED) is 0.698. The van der Waals surface area contributed by atoms with Crippen LogP contribution in [-0.4, -0.2) is 30.0 Å². The number of amides is 1. The Balaban J connectivity index is 3.92. The van der Waals surface area contributed by atoms with Crippen LogP contribution in [0.15, 0.2) is 24.3 Å². The number of ether oxygens (including phenoxy) is 1. The highest BCUT2D eigenvalue weighted by atomic mass is 16.6. The molecule has 0 radical (unpaired) electrons. The molecule has 86 valence electrons. The van der Waals surface area contributed by atoms with E-state index < -0.39 is 11.7 Å². The second-order valence-corrected chi connectivity index (χ2v) is 4.22. The first kappa shape index (κ1) is 13.7. The number of hydrogen-bond donors (Lipinski definition) is 2. The van der Waals surface area contributed by atoms with Crippen LogP contribution in [0.5, 0.6) is 0 Å². The SMILES string of the molecule is C=C(CO)C(=C)CNC(=O)OC(C)(C)C. The molecule has 0 atom stereocenters. The average molecular weight is 213 g/mol. The molecule has 0 aliphatic carbocycles. The Morgan fingerprint density at radius 2 is 1.87 bits per heavy atom. The second-order valence-electron chi connectivity index (χ2n) is 4.22. The molecule has 0 aliphatic heterocycles. The third-order valence-electron chi connectivity index (χ3n) is 1.54. The van der Waals surface area contributed by atoms with E-state index in [9.17, 15) is 4.79 Å². The topological polar surface area (TPSA) is 58.6 Å². The molecular formula is C11H19NO3. The van der Waals surface area contributed by atoms with E-state index in [0.717, 1.165) is 0 Å². The first-order valence-electron chi connectivity index (χ1n) is 4.70. The summed E-state index contributed by atoms with van der Waals surface area (Å²) in [5.74, 6) is 0. The highest BCUT2D eigenvalue weighted by molar-refractivity contribution is 5.68. The van der Waals surface area contributed by atoms with Crippen molar-refractivity contribution < 1.29 is 14.6 Å². The first-order valence-corrected chi connectivity index (χ1v) is 4.70. The van der Waals surface area contributed by atoms with Gasteiger partial charge < -0.3 is 15.2 Å². The van der Waals surface area contributed by atoms with Gasteiger partial charge in [-0.1, -0.05) is 13.2 Å². The smallest absolute Gasteiger partial charge is 0.407 e. The first-order chi connectivity index (χ1) is 6.76. The van der Waals surface area contributed by atoms with Gasteiger partial charge in [0.15, 0.2) is 0 Å². The molecule has 0 aliphatic rings. The van der Waals surface area contributed by atoms with Gasteiger partial charge >= 0.3 is 6.09 Å². The molecular weight excluding hydrogens is 194 g/mol. The summed E-state index contributed by atoms with van der Waals surface area (Å²) in [6.07, 6.45) is -0.505. The van der Waals surface area contributed by atoms with Crippen molar-refractivity contribution in [2.24, 2.45) is 0 Å². The fourth-order valence-corrected chi connectivity index (χ4v) is 0.730. The standard InChI is InChI=1S/C11H19NO3/c1-8(9(2)7-13)6-12-10(14)15-11(3,4)5/h13H,1-2,6-7H2,3-5H3,(H,12,14). The van der Waals surface area contributed by atoms with Crippen LogP contribution < -0.4 is 5.32 Å². The van der Waals surface area contributed by atoms with Gasteiger partial charge in [-0.05, 0) is 31.9 Å². The number of carbonyl (C=O) groups excluding carboxylic acids is 1. The molecule has 0 aromatic heterocycles. The summed E-state index contributed by atoms with van der Waals surface area (Å²) in [5.41, 5.74) is 0.578. The van der Waals surface area contributed by atoms with Crippen LogP contribution in [0.3, 0.4) is 0 Å². The molecule has 0 saturated carbocycles.